The topological polar surface area (TPSA) is 54.9 Å². The Kier molecular flexibility index (Phi) is 5.15. The van der Waals surface area contributed by atoms with Crippen molar-refractivity contribution in [1.82, 2.24) is 9.88 Å². The Morgan fingerprint density at radius 1 is 1.04 bits per heavy atom. The molecule has 6 nitrogen and oxygen atoms in total. The highest BCUT2D eigenvalue weighted by molar-refractivity contribution is 5.78. The van der Waals surface area contributed by atoms with Crippen LogP contribution in [0.4, 0.5) is 5.82 Å². The average molecular weight is 327 g/mol. The summed E-state index contributed by atoms with van der Waals surface area (Å²) < 4.78 is 10.7. The number of benzene rings is 1. The third-order valence-corrected chi connectivity index (χ3v) is 4.03. The van der Waals surface area contributed by atoms with E-state index in [2.05, 4.69) is 9.88 Å². The van der Waals surface area contributed by atoms with Gasteiger partial charge in [0.1, 0.15) is 17.3 Å². The van der Waals surface area contributed by atoms with Gasteiger partial charge in [0.05, 0.1) is 7.11 Å². The van der Waals surface area contributed by atoms with Gasteiger partial charge in [-0.05, 0) is 36.4 Å². The Hall–Kier alpha value is -2.76. The molecule has 2 heterocycles. The van der Waals surface area contributed by atoms with E-state index in [0.717, 1.165) is 24.7 Å². The molecule has 0 bridgehead atoms. The van der Waals surface area contributed by atoms with Gasteiger partial charge < -0.3 is 19.3 Å². The number of aromatic nitrogens is 1. The molecule has 1 saturated heterocycles. The molecule has 1 aliphatic rings. The first-order valence-corrected chi connectivity index (χ1v) is 7.97. The highest BCUT2D eigenvalue weighted by Gasteiger charge is 2.21. The van der Waals surface area contributed by atoms with Crippen LogP contribution in [0.25, 0.3) is 0 Å². The number of rotatable bonds is 5. The third-order valence-electron chi connectivity index (χ3n) is 4.03. The number of carbonyl (C=O) groups is 1. The van der Waals surface area contributed by atoms with E-state index in [0.29, 0.717) is 18.8 Å². The number of hydrogen-bond donors (Lipinski definition) is 0. The summed E-state index contributed by atoms with van der Waals surface area (Å²) in [6.45, 7) is 2.98. The molecule has 1 aliphatic heterocycles. The van der Waals surface area contributed by atoms with Gasteiger partial charge >= 0.3 is 0 Å². The molecule has 1 amide bonds. The minimum atomic E-state index is 0.00601. The molecule has 0 saturated carbocycles. The van der Waals surface area contributed by atoms with Crippen molar-refractivity contribution in [2.24, 2.45) is 0 Å². The van der Waals surface area contributed by atoms with Gasteiger partial charge in [-0.15, -0.1) is 0 Å². The fourth-order valence-corrected chi connectivity index (χ4v) is 2.63. The molecule has 1 fully saturated rings. The summed E-state index contributed by atoms with van der Waals surface area (Å²) >= 11 is 0. The van der Waals surface area contributed by atoms with Gasteiger partial charge in [-0.1, -0.05) is 6.07 Å². The van der Waals surface area contributed by atoms with E-state index in [-0.39, 0.29) is 12.5 Å². The average Bonchev–Trinajstić information content (AvgIpc) is 2.67. The van der Waals surface area contributed by atoms with Crippen LogP contribution < -0.4 is 14.4 Å². The number of carbonyl (C=O) groups excluding carboxylic acids is 1. The molecule has 0 unspecified atom stereocenters. The fraction of sp³-hybridized carbons (Fsp3) is 0.333. The zero-order chi connectivity index (χ0) is 16.8. The second-order valence-electron chi connectivity index (χ2n) is 5.52. The summed E-state index contributed by atoms with van der Waals surface area (Å²) in [7, 11) is 1.62. The second kappa shape index (κ2) is 7.68. The smallest absolute Gasteiger partial charge is 0.260 e. The summed E-state index contributed by atoms with van der Waals surface area (Å²) in [5.41, 5.74) is 0. The van der Waals surface area contributed by atoms with E-state index in [4.69, 9.17) is 9.47 Å². The Bertz CT molecular complexity index is 653. The number of amides is 1. The lowest BCUT2D eigenvalue weighted by molar-refractivity contribution is -0.133. The van der Waals surface area contributed by atoms with Gasteiger partial charge in [0.2, 0.25) is 0 Å². The molecule has 2 aromatic rings. The summed E-state index contributed by atoms with van der Waals surface area (Å²) in [5.74, 6) is 2.39. The molecule has 6 heteroatoms. The van der Waals surface area contributed by atoms with Crippen LogP contribution in [0.1, 0.15) is 0 Å². The molecule has 24 heavy (non-hydrogen) atoms. The molecule has 1 aromatic heterocycles. The van der Waals surface area contributed by atoms with Crippen LogP contribution in [0.3, 0.4) is 0 Å². The van der Waals surface area contributed by atoms with Crippen LogP contribution in [-0.4, -0.2) is 55.7 Å². The largest absolute Gasteiger partial charge is 0.497 e. The lowest BCUT2D eigenvalue weighted by Gasteiger charge is -2.35. The van der Waals surface area contributed by atoms with E-state index in [9.17, 15) is 4.79 Å². The van der Waals surface area contributed by atoms with Crippen LogP contribution in [0.5, 0.6) is 11.5 Å². The van der Waals surface area contributed by atoms with Crippen molar-refractivity contribution >= 4 is 11.7 Å². The summed E-state index contributed by atoms with van der Waals surface area (Å²) in [6, 6.07) is 13.1. The van der Waals surface area contributed by atoms with Crippen molar-refractivity contribution in [1.29, 1.82) is 0 Å². The SMILES string of the molecule is COc1ccc(OCC(=O)N2CCN(c3ccccn3)CC2)cc1. The van der Waals surface area contributed by atoms with Crippen LogP contribution >= 0.6 is 0 Å². The van der Waals surface area contributed by atoms with Crippen LogP contribution in [-0.2, 0) is 4.79 Å². The monoisotopic (exact) mass is 327 g/mol. The maximum atomic E-state index is 12.3. The molecule has 0 N–H and O–H groups in total. The van der Waals surface area contributed by atoms with Crippen LogP contribution in [0.15, 0.2) is 48.7 Å². The molecule has 126 valence electrons. The Balaban J connectivity index is 1.46. The predicted molar refractivity (Wildman–Crippen MR) is 91.5 cm³/mol. The van der Waals surface area contributed by atoms with Crippen molar-refractivity contribution in [3.63, 3.8) is 0 Å². The molecule has 3 rings (SSSR count). The number of ether oxygens (including phenoxy) is 2. The molecule has 1 aromatic carbocycles. The van der Waals surface area contributed by atoms with Crippen LogP contribution in [0.2, 0.25) is 0 Å². The van der Waals surface area contributed by atoms with Gasteiger partial charge in [0.25, 0.3) is 5.91 Å². The highest BCUT2D eigenvalue weighted by atomic mass is 16.5. The summed E-state index contributed by atoms with van der Waals surface area (Å²) in [4.78, 5) is 20.7. The number of methoxy groups -OCH3 is 1. The summed E-state index contributed by atoms with van der Waals surface area (Å²) in [5, 5.41) is 0. The molecule has 0 atom stereocenters. The van der Waals surface area contributed by atoms with Crippen LogP contribution in [0, 0.1) is 0 Å². The second-order valence-corrected chi connectivity index (χ2v) is 5.52. The van der Waals surface area contributed by atoms with E-state index < -0.39 is 0 Å². The van der Waals surface area contributed by atoms with Gasteiger partial charge in [-0.25, -0.2) is 4.98 Å². The highest BCUT2D eigenvalue weighted by Crippen LogP contribution is 2.17. The third kappa shape index (κ3) is 3.95. The Morgan fingerprint density at radius 2 is 1.75 bits per heavy atom. The van der Waals surface area contributed by atoms with Gasteiger partial charge in [-0.2, -0.15) is 0 Å². The number of anilines is 1. The molecule has 0 spiro atoms. The molecular formula is C18H21N3O3. The van der Waals surface area contributed by atoms with Gasteiger partial charge in [0.15, 0.2) is 6.61 Å². The Labute approximate surface area is 141 Å². The zero-order valence-corrected chi connectivity index (χ0v) is 13.7. The summed E-state index contributed by atoms with van der Waals surface area (Å²) in [6.07, 6.45) is 1.79. The van der Waals surface area contributed by atoms with Crippen molar-refractivity contribution in [2.75, 3.05) is 44.8 Å². The number of pyridine rings is 1. The number of nitrogens with zero attached hydrogens (tertiary/aromatic N) is 3. The first-order chi connectivity index (χ1) is 11.8. The van der Waals surface area contributed by atoms with Crippen molar-refractivity contribution < 1.29 is 14.3 Å². The minimum absolute atomic E-state index is 0.00601. The standard InChI is InChI=1S/C18H21N3O3/c1-23-15-5-7-16(8-6-15)24-14-18(22)21-12-10-20(11-13-21)17-4-2-3-9-19-17/h2-9H,10-14H2,1H3. The fourth-order valence-electron chi connectivity index (χ4n) is 2.63. The lowest BCUT2D eigenvalue weighted by Crippen LogP contribution is -2.50. The minimum Gasteiger partial charge on any atom is -0.497 e. The maximum Gasteiger partial charge on any atom is 0.260 e. The van der Waals surface area contributed by atoms with E-state index in [1.54, 1.807) is 25.4 Å². The molecular weight excluding hydrogens is 306 g/mol. The van der Waals surface area contributed by atoms with E-state index in [1.165, 1.54) is 0 Å². The van der Waals surface area contributed by atoms with Crippen molar-refractivity contribution in [3.8, 4) is 11.5 Å². The van der Waals surface area contributed by atoms with Crippen molar-refractivity contribution in [3.05, 3.63) is 48.7 Å². The normalized spacial score (nSPS) is 14.4. The van der Waals surface area contributed by atoms with E-state index in [1.807, 2.05) is 35.2 Å². The lowest BCUT2D eigenvalue weighted by atomic mass is 10.3. The van der Waals surface area contributed by atoms with Crippen molar-refractivity contribution in [2.45, 2.75) is 0 Å². The quantitative estimate of drug-likeness (QED) is 0.838. The Morgan fingerprint density at radius 3 is 2.38 bits per heavy atom. The maximum absolute atomic E-state index is 12.3. The van der Waals surface area contributed by atoms with Gasteiger partial charge in [0, 0.05) is 32.4 Å². The number of piperazine rings is 1. The first kappa shape index (κ1) is 16.1. The molecule has 0 radical (unpaired) electrons. The predicted octanol–water partition coefficient (Wildman–Crippen LogP) is 1.82. The van der Waals surface area contributed by atoms with Gasteiger partial charge in [-0.3, -0.25) is 4.79 Å². The number of hydrogen-bond acceptors (Lipinski definition) is 5. The van der Waals surface area contributed by atoms with E-state index >= 15 is 0 Å². The molecule has 0 aliphatic carbocycles. The zero-order valence-electron chi connectivity index (χ0n) is 13.7. The first-order valence-electron chi connectivity index (χ1n) is 7.97.